The summed E-state index contributed by atoms with van der Waals surface area (Å²) in [6.45, 7) is 1.90. The fraction of sp³-hybridized carbons (Fsp3) is 0.364. The lowest BCUT2D eigenvalue weighted by Gasteiger charge is -2.48. The third-order valence-corrected chi connectivity index (χ3v) is 8.69. The van der Waals surface area contributed by atoms with Crippen molar-refractivity contribution in [3.63, 3.8) is 0 Å². The lowest BCUT2D eigenvalue weighted by atomic mass is 9.64. The fourth-order valence-electron chi connectivity index (χ4n) is 6.48. The first-order chi connectivity index (χ1) is 19.3. The van der Waals surface area contributed by atoms with Crippen LogP contribution in [-0.4, -0.2) is 51.7 Å². The van der Waals surface area contributed by atoms with Gasteiger partial charge in [0.25, 0.3) is 0 Å². The van der Waals surface area contributed by atoms with Gasteiger partial charge in [-0.15, -0.1) is 0 Å². The monoisotopic (exact) mass is 542 g/mol. The normalized spacial score (nSPS) is 29.7. The van der Waals surface area contributed by atoms with Crippen molar-refractivity contribution in [2.24, 2.45) is 5.41 Å². The summed E-state index contributed by atoms with van der Waals surface area (Å²) >= 11 is 0. The molecule has 3 fully saturated rings. The Bertz CT molecular complexity index is 1410. The van der Waals surface area contributed by atoms with Gasteiger partial charge in [-0.25, -0.2) is 0 Å². The number of fused-ring (bicyclic) bond motifs is 2. The molecule has 0 radical (unpaired) electrons. The first-order valence-electron chi connectivity index (χ1n) is 13.5. The van der Waals surface area contributed by atoms with Crippen molar-refractivity contribution in [1.29, 1.82) is 0 Å². The van der Waals surface area contributed by atoms with Gasteiger partial charge in [-0.1, -0.05) is 18.2 Å². The van der Waals surface area contributed by atoms with Crippen LogP contribution >= 0.6 is 0 Å². The van der Waals surface area contributed by atoms with E-state index >= 15 is 0 Å². The molecule has 4 aliphatic rings. The first kappa shape index (κ1) is 26.4. The first-order valence-corrected chi connectivity index (χ1v) is 13.5. The van der Waals surface area contributed by atoms with Crippen LogP contribution in [0.5, 0.6) is 23.0 Å². The van der Waals surface area contributed by atoms with Crippen LogP contribution in [-0.2, 0) is 14.3 Å². The molecule has 2 bridgehead atoms. The smallest absolute Gasteiger partial charge is 0.206 e. The molecule has 2 aliphatic carbocycles. The summed E-state index contributed by atoms with van der Waals surface area (Å²) in [4.78, 5) is 14.2. The molecule has 1 saturated carbocycles. The number of allylic oxidation sites excluding steroid dienone is 2. The largest absolute Gasteiger partial charge is 0.497 e. The van der Waals surface area contributed by atoms with Crippen LogP contribution in [0.15, 0.2) is 71.8 Å². The van der Waals surface area contributed by atoms with E-state index in [0.717, 1.165) is 41.5 Å². The van der Waals surface area contributed by atoms with E-state index in [1.165, 1.54) is 0 Å². The highest BCUT2D eigenvalue weighted by Gasteiger charge is 2.76. The van der Waals surface area contributed by atoms with Gasteiger partial charge in [0, 0.05) is 23.3 Å². The molecule has 0 amide bonds. The highest BCUT2D eigenvalue weighted by Crippen LogP contribution is 2.64. The van der Waals surface area contributed by atoms with Gasteiger partial charge in [-0.3, -0.25) is 4.79 Å². The Balaban J connectivity index is 1.55. The number of carbonyl (C=O) groups excluding carboxylic acids is 1. The van der Waals surface area contributed by atoms with E-state index in [4.69, 9.17) is 28.4 Å². The molecule has 3 atom stereocenters. The van der Waals surface area contributed by atoms with Crippen LogP contribution < -0.4 is 18.9 Å². The van der Waals surface area contributed by atoms with Crippen molar-refractivity contribution < 1.29 is 33.2 Å². The maximum atomic E-state index is 14.2. The average Bonchev–Trinajstić information content (AvgIpc) is 3.44. The summed E-state index contributed by atoms with van der Waals surface area (Å²) in [7, 11) is 6.53. The average molecular weight is 543 g/mol. The second-order valence-electron chi connectivity index (χ2n) is 10.7. The van der Waals surface area contributed by atoms with Crippen molar-refractivity contribution in [1.82, 2.24) is 0 Å². The molecule has 2 aromatic carbocycles. The molecule has 6 rings (SSSR count). The molecule has 2 aliphatic heterocycles. The Hall–Kier alpha value is -3.81. The summed E-state index contributed by atoms with van der Waals surface area (Å²) in [6.07, 6.45) is 13.3. The summed E-state index contributed by atoms with van der Waals surface area (Å²) in [5, 5.41) is 0. The molecule has 7 heteroatoms. The van der Waals surface area contributed by atoms with Gasteiger partial charge in [0.05, 0.1) is 28.4 Å². The van der Waals surface area contributed by atoms with E-state index in [-0.39, 0.29) is 5.78 Å². The second kappa shape index (κ2) is 9.68. The highest BCUT2D eigenvalue weighted by molar-refractivity contribution is 5.98. The lowest BCUT2D eigenvalue weighted by Crippen LogP contribution is -2.60. The third kappa shape index (κ3) is 3.68. The topological polar surface area (TPSA) is 72.5 Å². The van der Waals surface area contributed by atoms with E-state index < -0.39 is 22.9 Å². The van der Waals surface area contributed by atoms with Gasteiger partial charge in [0.1, 0.15) is 34.0 Å². The molecule has 208 valence electrons. The Morgan fingerprint density at radius 1 is 0.800 bits per heavy atom. The second-order valence-corrected chi connectivity index (χ2v) is 10.7. The van der Waals surface area contributed by atoms with Crippen LogP contribution in [0, 0.1) is 5.41 Å². The number of ketones is 1. The van der Waals surface area contributed by atoms with Crippen LogP contribution in [0.3, 0.4) is 0 Å². The van der Waals surface area contributed by atoms with Crippen molar-refractivity contribution in [2.75, 3.05) is 28.4 Å². The van der Waals surface area contributed by atoms with E-state index in [0.29, 0.717) is 23.0 Å². The van der Waals surface area contributed by atoms with E-state index in [1.54, 1.807) is 28.4 Å². The van der Waals surface area contributed by atoms with Gasteiger partial charge >= 0.3 is 0 Å². The molecular formula is C33H34O7. The van der Waals surface area contributed by atoms with Gasteiger partial charge in [-0.05, 0) is 79.8 Å². The standard InChI is InChI=1S/C33H34O7/c1-31-15-6-7-16-32(31)39-30(29(31)34)33(40-32)23(17-21-11-13-25(35-2)19-27(21)37-4)9-8-10-24(33)18-22-12-14-26(36-3)20-28(22)38-5/h6-7,11-20,30H,8-10H2,1-5H3/b23-17+,24-18+/t30-,31+,32-/m0/s1. The Morgan fingerprint density at radius 2 is 1.35 bits per heavy atom. The van der Waals surface area contributed by atoms with Crippen LogP contribution in [0.4, 0.5) is 0 Å². The number of carbonyl (C=O) groups is 1. The van der Waals surface area contributed by atoms with Crippen molar-refractivity contribution in [3.8, 4) is 23.0 Å². The molecule has 2 saturated heterocycles. The van der Waals surface area contributed by atoms with E-state index in [1.807, 2.05) is 67.6 Å². The molecule has 0 N–H and O–H groups in total. The van der Waals surface area contributed by atoms with Crippen molar-refractivity contribution >= 4 is 17.9 Å². The van der Waals surface area contributed by atoms with E-state index in [9.17, 15) is 4.79 Å². The van der Waals surface area contributed by atoms with E-state index in [2.05, 4.69) is 12.2 Å². The maximum absolute atomic E-state index is 14.2. The molecule has 40 heavy (non-hydrogen) atoms. The molecule has 0 aromatic heterocycles. The SMILES string of the molecule is COc1ccc(/C=C2\CCC/C(=C\c3ccc(OC)cc3OC)C23O[C@@]24C=CC=C[C@]2(C)C(=O)[C@@H]3O4)c(OC)c1. The fourth-order valence-corrected chi connectivity index (χ4v) is 6.48. The maximum Gasteiger partial charge on any atom is 0.206 e. The molecule has 2 aromatic rings. The van der Waals surface area contributed by atoms with Crippen LogP contribution in [0.25, 0.3) is 12.2 Å². The number of hydrogen-bond acceptors (Lipinski definition) is 7. The van der Waals surface area contributed by atoms with Crippen molar-refractivity contribution in [2.45, 2.75) is 43.7 Å². The Morgan fingerprint density at radius 3 is 1.88 bits per heavy atom. The number of Topliss-reactive ketones (excluding diaryl/α,β-unsaturated/α-hetero) is 1. The third-order valence-electron chi connectivity index (χ3n) is 8.69. The zero-order valence-corrected chi connectivity index (χ0v) is 23.5. The lowest BCUT2D eigenvalue weighted by molar-refractivity contribution is -0.184. The predicted molar refractivity (Wildman–Crippen MR) is 152 cm³/mol. The minimum absolute atomic E-state index is 0.0152. The quantitative estimate of drug-likeness (QED) is 0.448. The number of hydrogen-bond donors (Lipinski definition) is 0. The van der Waals surface area contributed by atoms with Gasteiger partial charge in [-0.2, -0.15) is 0 Å². The molecule has 2 heterocycles. The minimum Gasteiger partial charge on any atom is -0.497 e. The van der Waals surface area contributed by atoms with Crippen molar-refractivity contribution in [3.05, 3.63) is 83.0 Å². The van der Waals surface area contributed by atoms with Gasteiger partial charge in [0.15, 0.2) is 11.9 Å². The van der Waals surface area contributed by atoms with Gasteiger partial charge < -0.3 is 28.4 Å². The van der Waals surface area contributed by atoms with Crippen LogP contribution in [0.2, 0.25) is 0 Å². The summed E-state index contributed by atoms with van der Waals surface area (Å²) < 4.78 is 35.9. The number of rotatable bonds is 6. The summed E-state index contributed by atoms with van der Waals surface area (Å²) in [5.74, 6) is 1.58. The molecule has 7 nitrogen and oxygen atoms in total. The molecule has 2 spiro atoms. The number of methoxy groups -OCH3 is 4. The summed E-state index contributed by atoms with van der Waals surface area (Å²) in [5.41, 5.74) is 1.71. The number of benzene rings is 2. The zero-order chi connectivity index (χ0) is 28.1. The predicted octanol–water partition coefficient (Wildman–Crippen LogP) is 5.94. The number of ether oxygens (including phenoxy) is 6. The van der Waals surface area contributed by atoms with Gasteiger partial charge in [0.2, 0.25) is 5.79 Å². The molecule has 0 unspecified atom stereocenters. The highest BCUT2D eigenvalue weighted by atomic mass is 16.8. The zero-order valence-electron chi connectivity index (χ0n) is 23.5. The Labute approximate surface area is 234 Å². The summed E-state index contributed by atoms with van der Waals surface area (Å²) in [6, 6.07) is 11.4. The minimum atomic E-state index is -1.19. The van der Waals surface area contributed by atoms with Crippen LogP contribution in [0.1, 0.15) is 37.3 Å². The molecular weight excluding hydrogens is 508 g/mol. The Kier molecular flexibility index (Phi) is 6.39.